The summed E-state index contributed by atoms with van der Waals surface area (Å²) in [5, 5.41) is 0. The van der Waals surface area contributed by atoms with Gasteiger partial charge in [0.2, 0.25) is 0 Å². The molecule has 0 saturated carbocycles. The lowest BCUT2D eigenvalue weighted by Gasteiger charge is -2.12. The van der Waals surface area contributed by atoms with Crippen molar-refractivity contribution in [3.8, 4) is 5.69 Å². The zero-order chi connectivity index (χ0) is 13.1. The van der Waals surface area contributed by atoms with Crippen molar-refractivity contribution < 1.29 is 0 Å². The third-order valence-electron chi connectivity index (χ3n) is 2.80. The fourth-order valence-corrected chi connectivity index (χ4v) is 2.02. The zero-order valence-electron chi connectivity index (χ0n) is 10.9. The Balaban J connectivity index is 2.51. The summed E-state index contributed by atoms with van der Waals surface area (Å²) < 4.78 is 2.00. The Bertz CT molecular complexity index is 534. The molecule has 0 aliphatic rings. The predicted octanol–water partition coefficient (Wildman–Crippen LogP) is 3.09. The molecular formula is C13H17ClN4. The molecule has 0 atom stereocenters. The van der Waals surface area contributed by atoms with Gasteiger partial charge in [-0.25, -0.2) is 15.0 Å². The Morgan fingerprint density at radius 1 is 1.33 bits per heavy atom. The number of aryl methyl sites for hydroxylation is 1. The molecule has 0 bridgehead atoms. The molecule has 0 amide bonds. The summed E-state index contributed by atoms with van der Waals surface area (Å²) in [5.41, 5.74) is 1.77. The Morgan fingerprint density at radius 3 is 2.72 bits per heavy atom. The van der Waals surface area contributed by atoms with Gasteiger partial charge in [0, 0.05) is 24.7 Å². The quantitative estimate of drug-likeness (QED) is 0.797. The lowest BCUT2D eigenvalue weighted by Crippen LogP contribution is -2.08. The highest BCUT2D eigenvalue weighted by molar-refractivity contribution is 6.17. The van der Waals surface area contributed by atoms with E-state index in [-0.39, 0.29) is 0 Å². The summed E-state index contributed by atoms with van der Waals surface area (Å²) in [6.45, 7) is 6.21. The van der Waals surface area contributed by atoms with Crippen LogP contribution in [-0.2, 0) is 12.3 Å². The first-order valence-corrected chi connectivity index (χ1v) is 6.65. The number of rotatable bonds is 4. The largest absolute Gasteiger partial charge is 0.300 e. The van der Waals surface area contributed by atoms with Gasteiger partial charge < -0.3 is 4.57 Å². The Labute approximate surface area is 112 Å². The van der Waals surface area contributed by atoms with Crippen molar-refractivity contribution >= 4 is 11.6 Å². The summed E-state index contributed by atoms with van der Waals surface area (Å²) in [6, 6.07) is 0. The third-order valence-corrected chi connectivity index (χ3v) is 3.05. The molecule has 0 spiro atoms. The van der Waals surface area contributed by atoms with E-state index < -0.39 is 0 Å². The van der Waals surface area contributed by atoms with Crippen molar-refractivity contribution in [3.63, 3.8) is 0 Å². The van der Waals surface area contributed by atoms with Gasteiger partial charge in [-0.15, -0.1) is 11.6 Å². The first kappa shape index (κ1) is 13.0. The maximum absolute atomic E-state index is 6.00. The highest BCUT2D eigenvalue weighted by atomic mass is 35.5. The average molecular weight is 265 g/mol. The van der Waals surface area contributed by atoms with Gasteiger partial charge in [-0.05, 0) is 0 Å². The maximum atomic E-state index is 6.00. The van der Waals surface area contributed by atoms with Gasteiger partial charge in [0.05, 0.1) is 23.5 Å². The number of halogens is 1. The number of alkyl halides is 1. The molecule has 2 rings (SSSR count). The van der Waals surface area contributed by atoms with Gasteiger partial charge in [-0.3, -0.25) is 0 Å². The second kappa shape index (κ2) is 5.48. The van der Waals surface area contributed by atoms with E-state index in [0.717, 1.165) is 29.5 Å². The van der Waals surface area contributed by atoms with Crippen LogP contribution in [-0.4, -0.2) is 19.5 Å². The third kappa shape index (κ3) is 2.38. The summed E-state index contributed by atoms with van der Waals surface area (Å²) in [5.74, 6) is 2.49. The molecule has 0 aliphatic heterocycles. The van der Waals surface area contributed by atoms with Crippen molar-refractivity contribution in [2.24, 2.45) is 0 Å². The Kier molecular flexibility index (Phi) is 3.97. The smallest absolute Gasteiger partial charge is 0.131 e. The van der Waals surface area contributed by atoms with Gasteiger partial charge in [-0.2, -0.15) is 0 Å². The van der Waals surface area contributed by atoms with Gasteiger partial charge in [-0.1, -0.05) is 20.8 Å². The molecule has 0 saturated heterocycles. The van der Waals surface area contributed by atoms with Crippen molar-refractivity contribution in [1.29, 1.82) is 0 Å². The summed E-state index contributed by atoms with van der Waals surface area (Å²) in [7, 11) is 0. The van der Waals surface area contributed by atoms with Crippen LogP contribution in [0.1, 0.15) is 44.0 Å². The predicted molar refractivity (Wildman–Crippen MR) is 72.2 cm³/mol. The van der Waals surface area contributed by atoms with Gasteiger partial charge in [0.15, 0.2) is 0 Å². The molecule has 5 heteroatoms. The fourth-order valence-electron chi connectivity index (χ4n) is 1.82. The van der Waals surface area contributed by atoms with Crippen LogP contribution in [0.5, 0.6) is 0 Å². The van der Waals surface area contributed by atoms with Gasteiger partial charge >= 0.3 is 0 Å². The first-order valence-electron chi connectivity index (χ1n) is 6.11. The van der Waals surface area contributed by atoms with E-state index in [0.29, 0.717) is 11.8 Å². The van der Waals surface area contributed by atoms with E-state index in [1.165, 1.54) is 0 Å². The minimum Gasteiger partial charge on any atom is -0.300 e. The zero-order valence-corrected chi connectivity index (χ0v) is 11.6. The molecule has 0 aromatic carbocycles. The second-order valence-electron chi connectivity index (χ2n) is 4.42. The van der Waals surface area contributed by atoms with Crippen molar-refractivity contribution in [2.45, 2.75) is 39.0 Å². The maximum Gasteiger partial charge on any atom is 0.131 e. The molecule has 4 nitrogen and oxygen atoms in total. The van der Waals surface area contributed by atoms with Crippen LogP contribution in [0.4, 0.5) is 0 Å². The molecule has 2 aromatic heterocycles. The Morgan fingerprint density at radius 2 is 2.11 bits per heavy atom. The summed E-state index contributed by atoms with van der Waals surface area (Å²) in [4.78, 5) is 13.2. The average Bonchev–Trinajstić information content (AvgIpc) is 2.85. The second-order valence-corrected chi connectivity index (χ2v) is 4.68. The van der Waals surface area contributed by atoms with Crippen LogP contribution >= 0.6 is 11.6 Å². The number of hydrogen-bond acceptors (Lipinski definition) is 3. The van der Waals surface area contributed by atoms with E-state index in [9.17, 15) is 0 Å². The molecule has 0 unspecified atom stereocenters. The van der Waals surface area contributed by atoms with E-state index in [2.05, 4.69) is 35.7 Å². The van der Waals surface area contributed by atoms with Gasteiger partial charge in [0.1, 0.15) is 11.6 Å². The van der Waals surface area contributed by atoms with E-state index in [1.807, 2.05) is 17.0 Å². The minimum atomic E-state index is 0.300. The monoisotopic (exact) mass is 264 g/mol. The molecule has 0 N–H and O–H groups in total. The standard InChI is InChI=1S/C13H17ClN4/c1-4-12-15-5-6-18(12)11-8-16-13(9(2)3)17-10(11)7-14/h5-6,8-9H,4,7H2,1-3H3. The Hall–Kier alpha value is -1.42. The fraction of sp³-hybridized carbons (Fsp3) is 0.462. The normalized spacial score (nSPS) is 11.2. The van der Waals surface area contributed by atoms with E-state index in [1.54, 1.807) is 6.20 Å². The molecule has 0 fully saturated rings. The lowest BCUT2D eigenvalue weighted by atomic mass is 10.2. The van der Waals surface area contributed by atoms with Crippen molar-refractivity contribution in [3.05, 3.63) is 35.9 Å². The molecule has 96 valence electrons. The number of nitrogens with zero attached hydrogens (tertiary/aromatic N) is 4. The van der Waals surface area contributed by atoms with E-state index in [4.69, 9.17) is 11.6 Å². The number of hydrogen-bond donors (Lipinski definition) is 0. The highest BCUT2D eigenvalue weighted by Gasteiger charge is 2.12. The minimum absolute atomic E-state index is 0.300. The van der Waals surface area contributed by atoms with Crippen LogP contribution < -0.4 is 0 Å². The van der Waals surface area contributed by atoms with Crippen molar-refractivity contribution in [1.82, 2.24) is 19.5 Å². The van der Waals surface area contributed by atoms with E-state index >= 15 is 0 Å². The molecule has 0 radical (unpaired) electrons. The van der Waals surface area contributed by atoms with Crippen LogP contribution in [0.3, 0.4) is 0 Å². The summed E-state index contributed by atoms with van der Waals surface area (Å²) in [6.07, 6.45) is 6.40. The number of imidazole rings is 1. The van der Waals surface area contributed by atoms with Crippen LogP contribution in [0.2, 0.25) is 0 Å². The molecular weight excluding hydrogens is 248 g/mol. The topological polar surface area (TPSA) is 43.6 Å². The molecule has 18 heavy (non-hydrogen) atoms. The van der Waals surface area contributed by atoms with Crippen LogP contribution in [0.15, 0.2) is 18.6 Å². The molecule has 2 heterocycles. The van der Waals surface area contributed by atoms with Gasteiger partial charge in [0.25, 0.3) is 0 Å². The SMILES string of the molecule is CCc1nccn1-c1cnc(C(C)C)nc1CCl. The van der Waals surface area contributed by atoms with Crippen molar-refractivity contribution in [2.75, 3.05) is 0 Å². The summed E-state index contributed by atoms with van der Waals surface area (Å²) >= 11 is 6.00. The lowest BCUT2D eigenvalue weighted by molar-refractivity contribution is 0.754. The van der Waals surface area contributed by atoms with Crippen LogP contribution in [0.25, 0.3) is 5.69 Å². The highest BCUT2D eigenvalue weighted by Crippen LogP contribution is 2.18. The molecule has 0 aliphatic carbocycles. The first-order chi connectivity index (χ1) is 8.67. The molecule has 2 aromatic rings. The number of aromatic nitrogens is 4. The van der Waals surface area contributed by atoms with Crippen LogP contribution in [0, 0.1) is 0 Å².